The van der Waals surface area contributed by atoms with E-state index in [9.17, 15) is 86.8 Å². The molecule has 0 amide bonds. The normalized spacial score (nSPS) is 54.9. The molecule has 36 atom stereocenters. The molecule has 0 bridgehead atoms. The molecule has 30 heteroatoms. The van der Waals surface area contributed by atoms with Gasteiger partial charge in [0, 0.05) is 5.41 Å². The number of carbonyl (C=O) groups is 1. The summed E-state index contributed by atoms with van der Waals surface area (Å²) in [7, 11) is 0. The minimum Gasteiger partial charge on any atom is -0.432 e. The fourth-order valence-corrected chi connectivity index (χ4v) is 18.5. The van der Waals surface area contributed by atoms with Crippen molar-refractivity contribution in [2.24, 2.45) is 50.2 Å². The zero-order valence-corrected chi connectivity index (χ0v) is 53.7. The highest BCUT2D eigenvalue weighted by Crippen LogP contribution is 2.76. The minimum atomic E-state index is -1.92. The molecule has 6 aliphatic heterocycles. The Hall–Kier alpha value is -1.91. The molecule has 11 aliphatic rings. The van der Waals surface area contributed by atoms with Crippen molar-refractivity contribution in [2.75, 3.05) is 39.6 Å². The molecule has 10 fully saturated rings. The Morgan fingerprint density at radius 1 is 0.516 bits per heavy atom. The molecule has 30 nitrogen and oxygen atoms in total. The van der Waals surface area contributed by atoms with Crippen molar-refractivity contribution in [1.29, 1.82) is 0 Å². The smallest absolute Gasteiger partial charge is 0.315 e. The third kappa shape index (κ3) is 12.5. The quantitative estimate of drug-likeness (QED) is 0.0418. The molecule has 5 aliphatic carbocycles. The third-order valence-electron chi connectivity index (χ3n) is 24.6. The van der Waals surface area contributed by atoms with Crippen molar-refractivity contribution < 1.29 is 148 Å². The lowest BCUT2D eigenvalue weighted by molar-refractivity contribution is -0.379. The summed E-state index contributed by atoms with van der Waals surface area (Å²) >= 11 is 0. The highest BCUT2D eigenvalue weighted by Gasteiger charge is 2.71. The topological polar surface area (TPSA) is 472 Å². The van der Waals surface area contributed by atoms with Crippen molar-refractivity contribution in [2.45, 2.75) is 285 Å². The van der Waals surface area contributed by atoms with Crippen LogP contribution in [0.15, 0.2) is 11.6 Å². The van der Waals surface area contributed by atoms with Crippen molar-refractivity contribution in [3.63, 3.8) is 0 Å². The van der Waals surface area contributed by atoms with Crippen LogP contribution in [0.5, 0.6) is 0 Å². The SMILES string of the molecule is C[C@@H]1O[C@@H](O[C@H]2[C@H](O[C@H]3CC[C@@]4(C)[C@@H](CC[C@]5(C)[C@@H]4CC=C4[C@@H]6CC(C)(C)CC[C@]6(C(=O)O[C@@H]6O[C@H](CO[C@@H]7O[C@H](CO)[C@@H](O[C@@H]8OC[C@H](O)[C@H](O)[C@H]8O)[C@H](O)[C@H]7O)[C@@H](O)[C@H](O)[C@H]6O)CC[C@]45C)[C@]3(C)CO)OC[C@H](O)[C@@H]2O)[C@H](O)[C@H](O[C@@H]2OC[C@@H](O)[C@H](O)[C@H]2O)[C@H]1O. The van der Waals surface area contributed by atoms with Gasteiger partial charge in [0.15, 0.2) is 31.5 Å². The number of hydrogen-bond donors (Lipinski definition) is 17. The number of esters is 1. The van der Waals surface area contributed by atoms with E-state index < -0.39 is 221 Å². The second kappa shape index (κ2) is 27.2. The van der Waals surface area contributed by atoms with Crippen LogP contribution < -0.4 is 0 Å². The van der Waals surface area contributed by atoms with Crippen LogP contribution in [0.1, 0.15) is 113 Å². The van der Waals surface area contributed by atoms with E-state index in [-0.39, 0.29) is 47.2 Å². The van der Waals surface area contributed by atoms with Gasteiger partial charge in [-0.3, -0.25) is 4.79 Å². The fraction of sp³-hybridized carbons (Fsp3) is 0.952. The van der Waals surface area contributed by atoms with Crippen LogP contribution in [0.2, 0.25) is 0 Å². The number of rotatable bonds is 15. The van der Waals surface area contributed by atoms with E-state index in [1.807, 2.05) is 6.92 Å². The summed E-state index contributed by atoms with van der Waals surface area (Å²) in [6, 6.07) is 0. The van der Waals surface area contributed by atoms with Crippen LogP contribution in [0.4, 0.5) is 0 Å². The van der Waals surface area contributed by atoms with Gasteiger partial charge >= 0.3 is 5.97 Å². The number of ether oxygens (including phenoxy) is 12. The summed E-state index contributed by atoms with van der Waals surface area (Å²) in [5.74, 6) is -1.01. The zero-order valence-electron chi connectivity index (χ0n) is 53.7. The molecule has 0 aromatic heterocycles. The van der Waals surface area contributed by atoms with Crippen molar-refractivity contribution in [1.82, 2.24) is 0 Å². The minimum absolute atomic E-state index is 0.0757. The molecule has 6 heterocycles. The average molecular weight is 1340 g/mol. The number of aliphatic hydroxyl groups is 17. The molecule has 6 saturated heterocycles. The molecular weight excluding hydrogens is 1240 g/mol. The van der Waals surface area contributed by atoms with E-state index in [1.165, 1.54) is 6.92 Å². The maximum Gasteiger partial charge on any atom is 0.315 e. The zero-order chi connectivity index (χ0) is 67.6. The van der Waals surface area contributed by atoms with Crippen LogP contribution in [0.3, 0.4) is 0 Å². The second-order valence-electron chi connectivity index (χ2n) is 30.4. The first-order valence-electron chi connectivity index (χ1n) is 33.1. The van der Waals surface area contributed by atoms with Gasteiger partial charge in [-0.25, -0.2) is 0 Å². The first-order chi connectivity index (χ1) is 43.7. The van der Waals surface area contributed by atoms with Crippen LogP contribution in [-0.4, -0.2) is 304 Å². The van der Waals surface area contributed by atoms with Gasteiger partial charge in [-0.05, 0) is 111 Å². The molecule has 0 aromatic carbocycles. The summed E-state index contributed by atoms with van der Waals surface area (Å²) in [4.78, 5) is 15.3. The number of allylic oxidation sites excluding steroid dienone is 2. The lowest BCUT2D eigenvalue weighted by Gasteiger charge is -2.71. The molecule has 17 N–H and O–H groups in total. The van der Waals surface area contributed by atoms with E-state index >= 15 is 4.79 Å². The number of fused-ring (bicyclic) bond motifs is 7. The average Bonchev–Trinajstić information content (AvgIpc) is 0.676. The molecule has 0 spiro atoms. The maximum atomic E-state index is 15.3. The molecule has 0 unspecified atom stereocenters. The molecule has 0 aromatic rings. The van der Waals surface area contributed by atoms with Crippen LogP contribution >= 0.6 is 0 Å². The van der Waals surface area contributed by atoms with E-state index in [4.69, 9.17) is 56.8 Å². The molecule has 4 saturated carbocycles. The van der Waals surface area contributed by atoms with Crippen molar-refractivity contribution in [3.8, 4) is 0 Å². The van der Waals surface area contributed by atoms with Crippen LogP contribution in [-0.2, 0) is 61.6 Å². The maximum absolute atomic E-state index is 15.3. The summed E-state index contributed by atoms with van der Waals surface area (Å²) < 4.78 is 70.9. The monoisotopic (exact) mass is 1340 g/mol. The Labute approximate surface area is 539 Å². The van der Waals surface area contributed by atoms with Crippen LogP contribution in [0, 0.1) is 50.2 Å². The molecular formula is C63H102O30. The van der Waals surface area contributed by atoms with Gasteiger partial charge in [-0.2, -0.15) is 0 Å². The lowest BCUT2D eigenvalue weighted by atomic mass is 9.33. The second-order valence-corrected chi connectivity index (χ2v) is 30.4. The van der Waals surface area contributed by atoms with Crippen molar-refractivity contribution >= 4 is 5.97 Å². The summed E-state index contributed by atoms with van der Waals surface area (Å²) in [5.41, 5.74) is -2.21. The van der Waals surface area contributed by atoms with Gasteiger partial charge < -0.3 is 144 Å². The Bertz CT molecular complexity index is 2610. The molecule has 0 radical (unpaired) electrons. The van der Waals surface area contributed by atoms with Gasteiger partial charge in [0.25, 0.3) is 0 Å². The number of aliphatic hydroxyl groups excluding tert-OH is 17. The molecule has 534 valence electrons. The molecule has 93 heavy (non-hydrogen) atoms. The number of carbonyl (C=O) groups excluding carboxylic acids is 1. The first-order valence-corrected chi connectivity index (χ1v) is 33.1. The van der Waals surface area contributed by atoms with Crippen LogP contribution in [0.25, 0.3) is 0 Å². The third-order valence-corrected chi connectivity index (χ3v) is 24.6. The predicted molar refractivity (Wildman–Crippen MR) is 310 cm³/mol. The Kier molecular flexibility index (Phi) is 21.2. The van der Waals surface area contributed by atoms with E-state index in [0.29, 0.717) is 57.8 Å². The summed E-state index contributed by atoms with van der Waals surface area (Å²) in [5, 5.41) is 185. The standard InChI is InChI=1S/C63H102O30/c1-25-36(69)49(91-53-44(77)38(71)29(67)21-83-53)47(80)55(86-25)92-50-39(72)30(68)22-84-56(50)89-35-11-12-59(4)33(60(35,5)24-65)10-13-62(7)34(59)9-8-26-27-18-58(2,3)14-16-63(27,17-15-61(26,62)6)57(81)93-54-45(78)41(74)40(73)32(88-54)23-85-51-46(79)42(75)48(31(19-64)87-51)90-52-43(76)37(70)28(66)20-82-52/h8,25,27-56,64-80H,9-24H2,1-7H3/t25-,27-,28-,29+,30-,31+,32+,33+,34+,35-,36-,37-,38-,39-,40+,41-,42+,43+,44+,45+,46+,47+,48+,49+,50+,51+,52-,53-,54-,55-,56-,59-,60-,61+,62+,63-/m0/s1. The number of hydrogen-bond acceptors (Lipinski definition) is 30. The first kappa shape index (κ1) is 72.3. The van der Waals surface area contributed by atoms with Gasteiger partial charge in [0.2, 0.25) is 6.29 Å². The van der Waals surface area contributed by atoms with Gasteiger partial charge in [0.05, 0.1) is 57.3 Å². The Balaban J connectivity index is 0.772. The Morgan fingerprint density at radius 3 is 1.72 bits per heavy atom. The lowest BCUT2D eigenvalue weighted by Crippen LogP contribution is -2.67. The van der Waals surface area contributed by atoms with Gasteiger partial charge in [0.1, 0.15) is 122 Å². The van der Waals surface area contributed by atoms with E-state index in [1.54, 1.807) is 0 Å². The summed E-state index contributed by atoms with van der Waals surface area (Å²) in [6.45, 7) is 11.8. The van der Waals surface area contributed by atoms with E-state index in [2.05, 4.69) is 40.7 Å². The van der Waals surface area contributed by atoms with Crippen molar-refractivity contribution in [3.05, 3.63) is 11.6 Å². The largest absolute Gasteiger partial charge is 0.432 e. The van der Waals surface area contributed by atoms with E-state index in [0.717, 1.165) is 12.0 Å². The predicted octanol–water partition coefficient (Wildman–Crippen LogP) is -4.47. The molecule has 11 rings (SSSR count). The van der Waals surface area contributed by atoms with Gasteiger partial charge in [-0.15, -0.1) is 0 Å². The fourth-order valence-electron chi connectivity index (χ4n) is 18.5. The highest BCUT2D eigenvalue weighted by molar-refractivity contribution is 5.79. The highest BCUT2D eigenvalue weighted by atomic mass is 16.8. The summed E-state index contributed by atoms with van der Waals surface area (Å²) in [6.07, 6.45) is -36.2. The Morgan fingerprint density at radius 2 is 1.09 bits per heavy atom. The van der Waals surface area contributed by atoms with Gasteiger partial charge in [-0.1, -0.05) is 53.2 Å².